The molecular weight excluding hydrogens is 662 g/mol. The molecule has 48 heavy (non-hydrogen) atoms. The topological polar surface area (TPSA) is 109 Å². The zero-order valence-electron chi connectivity index (χ0n) is 27.9. The molecule has 2 aromatic carbocycles. The lowest BCUT2D eigenvalue weighted by atomic mass is 9.69. The van der Waals surface area contributed by atoms with Crippen LogP contribution in [0.2, 0.25) is 0 Å². The summed E-state index contributed by atoms with van der Waals surface area (Å²) < 4.78 is 2.42. The van der Waals surface area contributed by atoms with E-state index in [0.29, 0.717) is 28.8 Å². The SMILES string of the molecule is Cc1nc2ccc(C(=O)C[C@@H]3C4CCN(CC4)C34CC4)cc2s1.Cc1nc2ccccc2s1.Cl.N[C@@H]1C2CCN(CC2)C12CC2.O=C=O. The monoisotopic (exact) mass is 707 g/mol. The van der Waals surface area contributed by atoms with Crippen LogP contribution in [0.5, 0.6) is 0 Å². The molecule has 2 N–H and O–H groups in total. The van der Waals surface area contributed by atoms with E-state index in [1.54, 1.807) is 22.7 Å². The van der Waals surface area contributed by atoms with Gasteiger partial charge in [0.25, 0.3) is 0 Å². The smallest absolute Gasteiger partial charge is 0.326 e. The maximum absolute atomic E-state index is 12.9. The lowest BCUT2D eigenvalue weighted by Crippen LogP contribution is -2.63. The number of rotatable bonds is 3. The van der Waals surface area contributed by atoms with Crippen molar-refractivity contribution in [1.29, 1.82) is 0 Å². The summed E-state index contributed by atoms with van der Waals surface area (Å²) in [6.07, 6.45) is 11.7. The van der Waals surface area contributed by atoms with Crippen LogP contribution in [0, 0.1) is 31.6 Å². The molecule has 256 valence electrons. The van der Waals surface area contributed by atoms with Crippen molar-refractivity contribution in [2.45, 2.75) is 88.8 Å². The van der Waals surface area contributed by atoms with Gasteiger partial charge in [0, 0.05) is 29.1 Å². The summed E-state index contributed by atoms with van der Waals surface area (Å²) in [7, 11) is 0. The Hall–Kier alpha value is -2.56. The fourth-order valence-electron chi connectivity index (χ4n) is 9.24. The van der Waals surface area contributed by atoms with Gasteiger partial charge in [-0.1, -0.05) is 12.1 Å². The first-order valence-corrected chi connectivity index (χ1v) is 18.9. The molecule has 0 unspecified atom stereocenters. The Morgan fingerprint density at radius 1 is 0.812 bits per heavy atom. The number of carbonyl (C=O) groups is 1. The Kier molecular flexibility index (Phi) is 10.5. The average molecular weight is 708 g/mol. The average Bonchev–Trinajstić information content (AvgIpc) is 3.98. The molecule has 8 aliphatic rings. The van der Waals surface area contributed by atoms with Crippen LogP contribution in [0.4, 0.5) is 0 Å². The Labute approximate surface area is 296 Å². The number of nitrogens with two attached hydrogens (primary N) is 1. The first-order valence-electron chi connectivity index (χ1n) is 17.2. The second kappa shape index (κ2) is 14.4. The Bertz CT molecular complexity index is 1740. The van der Waals surface area contributed by atoms with Crippen LogP contribution in [0.25, 0.3) is 20.4 Å². The van der Waals surface area contributed by atoms with Crippen LogP contribution in [-0.4, -0.2) is 75.0 Å². The van der Waals surface area contributed by atoms with Crippen LogP contribution in [0.1, 0.15) is 78.2 Å². The first-order chi connectivity index (χ1) is 22.8. The summed E-state index contributed by atoms with van der Waals surface area (Å²) in [6.45, 7) is 9.25. The van der Waals surface area contributed by atoms with E-state index in [4.69, 9.17) is 15.3 Å². The van der Waals surface area contributed by atoms with Crippen LogP contribution < -0.4 is 5.73 Å². The Balaban J connectivity index is 0.000000134. The van der Waals surface area contributed by atoms with Gasteiger partial charge in [0.05, 0.1) is 30.4 Å². The molecule has 11 heteroatoms. The highest BCUT2D eigenvalue weighted by Crippen LogP contribution is 2.58. The lowest BCUT2D eigenvalue weighted by Gasteiger charge is -2.52. The number of piperidine rings is 6. The predicted molar refractivity (Wildman–Crippen MR) is 194 cm³/mol. The number of hydrogen-bond donors (Lipinski definition) is 1. The summed E-state index contributed by atoms with van der Waals surface area (Å²) >= 11 is 3.42. The summed E-state index contributed by atoms with van der Waals surface area (Å²) in [5.74, 6) is 2.57. The second-order valence-corrected chi connectivity index (χ2v) is 16.8. The van der Waals surface area contributed by atoms with Crippen molar-refractivity contribution < 1.29 is 14.4 Å². The Morgan fingerprint density at radius 2 is 1.33 bits per heavy atom. The third-order valence-electron chi connectivity index (χ3n) is 11.9. The molecular formula is C37H46ClN5O3S2. The van der Waals surface area contributed by atoms with Crippen LogP contribution in [0.15, 0.2) is 42.5 Å². The normalized spacial score (nSPS) is 29.0. The predicted octanol–water partition coefficient (Wildman–Crippen LogP) is 7.07. The van der Waals surface area contributed by atoms with Crippen LogP contribution in [0.3, 0.4) is 0 Å². The zero-order valence-corrected chi connectivity index (χ0v) is 30.3. The number of ketones is 1. The van der Waals surface area contributed by atoms with Gasteiger partial charge in [0.1, 0.15) is 0 Å². The molecule has 8 heterocycles. The van der Waals surface area contributed by atoms with E-state index < -0.39 is 0 Å². The van der Waals surface area contributed by atoms with Crippen molar-refractivity contribution >= 4 is 67.4 Å². The van der Waals surface area contributed by atoms with Gasteiger partial charge >= 0.3 is 6.15 Å². The minimum Gasteiger partial charge on any atom is -0.326 e. The van der Waals surface area contributed by atoms with Gasteiger partial charge in [-0.2, -0.15) is 9.59 Å². The standard InChI is InChI=1S/C19H22N2OS.C9H16N2.C8H7NS.CO2.ClH/c1-12-20-16-3-2-14(10-18(16)23-12)17(22)11-15-13-4-8-21(9-5-13)19(15)6-7-19;10-8-7-1-5-11(6-2-7)9(8)3-4-9;1-6-9-7-4-2-3-5-8(7)10-6;2-1-3;/h2-3,10,13,15H,4-9,11H2,1H3;7-8H,1-6,10H2;2-5H,1H3;;1H/t15-;8-;;;/m11.../s1. The highest BCUT2D eigenvalue weighted by molar-refractivity contribution is 7.18. The molecule has 2 atom stereocenters. The number of para-hydroxylation sites is 1. The number of halogens is 1. The number of fused-ring (bicyclic) bond motifs is 6. The van der Waals surface area contributed by atoms with Gasteiger partial charge in [-0.25, -0.2) is 9.97 Å². The molecule has 0 amide bonds. The number of carbonyl (C=O) groups excluding carboxylic acids is 3. The summed E-state index contributed by atoms with van der Waals surface area (Å²) in [6, 6.07) is 14.8. The number of hydrogen-bond acceptors (Lipinski definition) is 10. The third-order valence-corrected chi connectivity index (χ3v) is 13.8. The molecule has 2 aliphatic carbocycles. The van der Waals surface area contributed by atoms with Crippen LogP contribution >= 0.6 is 35.1 Å². The molecule has 8 fully saturated rings. The quantitative estimate of drug-likeness (QED) is 0.225. The molecule has 2 aromatic heterocycles. The largest absolute Gasteiger partial charge is 0.373 e. The van der Waals surface area contributed by atoms with E-state index in [2.05, 4.69) is 31.9 Å². The molecule has 2 saturated carbocycles. The van der Waals surface area contributed by atoms with Gasteiger partial charge < -0.3 is 5.73 Å². The highest BCUT2D eigenvalue weighted by atomic mass is 35.5. The third kappa shape index (κ3) is 6.78. The van der Waals surface area contributed by atoms with Gasteiger partial charge in [-0.3, -0.25) is 14.6 Å². The van der Waals surface area contributed by atoms with Gasteiger partial charge in [0.2, 0.25) is 0 Å². The number of nitrogens with zero attached hydrogens (tertiary/aromatic N) is 4. The first kappa shape index (κ1) is 35.3. The van der Waals surface area contributed by atoms with E-state index in [1.165, 1.54) is 82.2 Å². The number of aryl methyl sites for hydroxylation is 2. The molecule has 2 spiro atoms. The van der Waals surface area contributed by atoms with Crippen molar-refractivity contribution in [1.82, 2.24) is 19.8 Å². The summed E-state index contributed by atoms with van der Waals surface area (Å²) in [5, 5.41) is 2.21. The van der Waals surface area contributed by atoms with E-state index >= 15 is 0 Å². The van der Waals surface area contributed by atoms with Gasteiger partial charge in [0.15, 0.2) is 5.78 Å². The number of Topliss-reactive ketones (excluding diaryl/α,β-unsaturated/α-hetero) is 1. The molecule has 6 aliphatic heterocycles. The van der Waals surface area contributed by atoms with Crippen molar-refractivity contribution in [2.24, 2.45) is 23.5 Å². The number of aromatic nitrogens is 2. The van der Waals surface area contributed by atoms with Gasteiger partial charge in [-0.15, -0.1) is 35.1 Å². The van der Waals surface area contributed by atoms with Crippen molar-refractivity contribution in [3.8, 4) is 0 Å². The van der Waals surface area contributed by atoms with E-state index in [9.17, 15) is 4.79 Å². The molecule has 4 aromatic rings. The molecule has 12 rings (SSSR count). The van der Waals surface area contributed by atoms with E-state index in [-0.39, 0.29) is 18.6 Å². The van der Waals surface area contributed by atoms with Crippen molar-refractivity contribution in [3.05, 3.63) is 58.0 Å². The minimum absolute atomic E-state index is 0. The lowest BCUT2D eigenvalue weighted by molar-refractivity contribution is -0.191. The maximum Gasteiger partial charge on any atom is 0.373 e. The minimum atomic E-state index is 0. The fraction of sp³-hybridized carbons (Fsp3) is 0.568. The molecule has 8 nitrogen and oxygen atoms in total. The van der Waals surface area contributed by atoms with Crippen LogP contribution in [-0.2, 0) is 9.59 Å². The van der Waals surface area contributed by atoms with Crippen molar-refractivity contribution in [3.63, 3.8) is 0 Å². The molecule has 4 bridgehead atoms. The molecule has 6 saturated heterocycles. The number of thiazole rings is 2. The number of benzene rings is 2. The summed E-state index contributed by atoms with van der Waals surface area (Å²) in [4.78, 5) is 43.3. The molecule has 0 radical (unpaired) electrons. The second-order valence-electron chi connectivity index (χ2n) is 14.3. The highest BCUT2D eigenvalue weighted by Gasteiger charge is 2.60. The van der Waals surface area contributed by atoms with Gasteiger partial charge in [-0.05, 0) is 139 Å². The maximum atomic E-state index is 12.9. The fourth-order valence-corrected chi connectivity index (χ4v) is 10.9. The zero-order chi connectivity index (χ0) is 32.8. The Morgan fingerprint density at radius 3 is 1.88 bits per heavy atom. The summed E-state index contributed by atoms with van der Waals surface area (Å²) in [5.41, 5.74) is 10.2. The van der Waals surface area contributed by atoms with E-state index in [1.807, 2.05) is 44.2 Å². The van der Waals surface area contributed by atoms with E-state index in [0.717, 1.165) is 49.6 Å². The van der Waals surface area contributed by atoms with Crippen molar-refractivity contribution in [2.75, 3.05) is 26.2 Å².